The molecule has 0 saturated carbocycles. The fourth-order valence-corrected chi connectivity index (χ4v) is 0.205. The van der Waals surface area contributed by atoms with E-state index < -0.39 is 5.97 Å². The minimum absolute atomic E-state index is 0.0465. The van der Waals surface area contributed by atoms with Gasteiger partial charge in [0.15, 0.2) is 0 Å². The van der Waals surface area contributed by atoms with Crippen LogP contribution in [0.2, 0.25) is 0 Å². The summed E-state index contributed by atoms with van der Waals surface area (Å²) in [6.07, 6.45) is 2.23. The van der Waals surface area contributed by atoms with Crippen molar-refractivity contribution in [1.29, 1.82) is 5.26 Å². The van der Waals surface area contributed by atoms with Gasteiger partial charge in [-0.3, -0.25) is 0 Å². The Morgan fingerprint density at radius 2 is 2.17 bits per heavy atom. The van der Waals surface area contributed by atoms with Gasteiger partial charge in [-0.1, -0.05) is 13.2 Å². The van der Waals surface area contributed by atoms with E-state index in [2.05, 4.69) is 17.9 Å². The third-order valence-electron chi connectivity index (χ3n) is 0.594. The van der Waals surface area contributed by atoms with Crippen LogP contribution in [0.5, 0.6) is 0 Å². The number of ether oxygens (including phenoxy) is 1. The summed E-state index contributed by atoms with van der Waals surface area (Å²) in [7, 11) is 0. The number of nitriles is 1. The van der Waals surface area contributed by atoms with Crippen molar-refractivity contribution in [3.05, 3.63) is 25.3 Å². The van der Waals surface area contributed by atoms with Gasteiger partial charge in [0.05, 0.1) is 12.7 Å². The van der Waals surface area contributed by atoms with Crippen molar-refractivity contribution >= 4 is 5.97 Å². The molecule has 1 N–H and O–H groups in total. The third-order valence-corrected chi connectivity index (χ3v) is 0.594. The molecule has 0 aliphatic heterocycles. The summed E-state index contributed by atoms with van der Waals surface area (Å²) in [5.41, 5.74) is 0. The molecule has 4 heteroatoms. The van der Waals surface area contributed by atoms with Crippen LogP contribution in [0.3, 0.4) is 0 Å². The van der Waals surface area contributed by atoms with Crippen molar-refractivity contribution < 1.29 is 14.6 Å². The zero-order chi connectivity index (χ0) is 9.82. The first-order chi connectivity index (χ1) is 5.72. The van der Waals surface area contributed by atoms with Crippen LogP contribution >= 0.6 is 0 Å². The monoisotopic (exact) mass is 169 g/mol. The van der Waals surface area contributed by atoms with Gasteiger partial charge in [0.1, 0.15) is 6.61 Å². The standard InChI is InChI=1S/C5H8O3.C3H3N/c1-2-5(7)8-4-3-6;1-2-3-4/h2,6H,1,3-4H2;2H,1H2. The maximum absolute atomic E-state index is 10.1. The summed E-state index contributed by atoms with van der Waals surface area (Å²) in [6, 6.07) is 1.69. The summed E-state index contributed by atoms with van der Waals surface area (Å²) in [5.74, 6) is -0.501. The zero-order valence-electron chi connectivity index (χ0n) is 6.69. The highest BCUT2D eigenvalue weighted by Gasteiger charge is 1.90. The Morgan fingerprint density at radius 3 is 2.42 bits per heavy atom. The maximum Gasteiger partial charge on any atom is 0.330 e. The molecule has 0 saturated heterocycles. The Hall–Kier alpha value is -1.60. The maximum atomic E-state index is 10.1. The number of hydrogen-bond acceptors (Lipinski definition) is 4. The van der Waals surface area contributed by atoms with Crippen molar-refractivity contribution in [2.45, 2.75) is 0 Å². The predicted molar refractivity (Wildman–Crippen MR) is 44.1 cm³/mol. The topological polar surface area (TPSA) is 70.3 Å². The van der Waals surface area contributed by atoms with E-state index in [1.807, 2.05) is 0 Å². The number of rotatable bonds is 3. The summed E-state index contributed by atoms with van der Waals surface area (Å²) in [5, 5.41) is 15.6. The smallest absolute Gasteiger partial charge is 0.330 e. The molecule has 0 fully saturated rings. The number of esters is 1. The number of carbonyl (C=O) groups is 1. The average molecular weight is 169 g/mol. The quantitative estimate of drug-likeness (QED) is 0.377. The van der Waals surface area contributed by atoms with Crippen molar-refractivity contribution in [2.24, 2.45) is 0 Å². The van der Waals surface area contributed by atoms with Gasteiger partial charge in [-0.25, -0.2) is 4.79 Å². The molecular formula is C8H11NO3. The Labute approximate surface area is 71.4 Å². The number of allylic oxidation sites excluding steroid dienone is 1. The van der Waals surface area contributed by atoms with Crippen LogP contribution in [-0.4, -0.2) is 24.3 Å². The first kappa shape index (κ1) is 13.0. The van der Waals surface area contributed by atoms with Gasteiger partial charge in [-0.05, 0) is 0 Å². The highest BCUT2D eigenvalue weighted by molar-refractivity contribution is 5.81. The van der Waals surface area contributed by atoms with Crippen molar-refractivity contribution in [1.82, 2.24) is 0 Å². The van der Waals surface area contributed by atoms with E-state index in [4.69, 9.17) is 10.4 Å². The SMILES string of the molecule is C=CC#N.C=CC(=O)OCCO. The van der Waals surface area contributed by atoms with Crippen molar-refractivity contribution in [3.63, 3.8) is 0 Å². The van der Waals surface area contributed by atoms with Gasteiger partial charge in [-0.2, -0.15) is 5.26 Å². The third kappa shape index (κ3) is 15.8. The molecule has 0 heterocycles. The number of carbonyl (C=O) groups excluding carboxylic acids is 1. The van der Waals surface area contributed by atoms with E-state index in [1.165, 1.54) is 6.08 Å². The lowest BCUT2D eigenvalue weighted by Gasteiger charge is -1.94. The second-order valence-corrected chi connectivity index (χ2v) is 1.43. The average Bonchev–Trinajstić information content (AvgIpc) is 2.14. The molecule has 0 aliphatic carbocycles. The lowest BCUT2D eigenvalue weighted by Crippen LogP contribution is -2.04. The predicted octanol–water partition coefficient (Wildman–Crippen LogP) is 0.404. The van der Waals surface area contributed by atoms with Crippen LogP contribution in [0.15, 0.2) is 25.3 Å². The molecule has 0 amide bonds. The number of nitrogens with zero attached hydrogens (tertiary/aromatic N) is 1. The van der Waals surface area contributed by atoms with Crippen LogP contribution < -0.4 is 0 Å². The summed E-state index contributed by atoms with van der Waals surface area (Å²) < 4.78 is 4.33. The fraction of sp³-hybridized carbons (Fsp3) is 0.250. The molecule has 0 spiro atoms. The molecule has 0 aromatic heterocycles. The van der Waals surface area contributed by atoms with Gasteiger partial charge in [0.25, 0.3) is 0 Å². The van der Waals surface area contributed by atoms with Gasteiger partial charge in [0.2, 0.25) is 0 Å². The van der Waals surface area contributed by atoms with Gasteiger partial charge in [0, 0.05) is 12.2 Å². The second kappa shape index (κ2) is 12.1. The highest BCUT2D eigenvalue weighted by atomic mass is 16.5. The highest BCUT2D eigenvalue weighted by Crippen LogP contribution is 1.75. The van der Waals surface area contributed by atoms with Gasteiger partial charge >= 0.3 is 5.97 Å². The minimum atomic E-state index is -0.501. The normalized spacial score (nSPS) is 6.67. The molecule has 0 rings (SSSR count). The van der Waals surface area contributed by atoms with Crippen LogP contribution in [0, 0.1) is 11.3 Å². The van der Waals surface area contributed by atoms with Crippen molar-refractivity contribution in [2.75, 3.05) is 13.2 Å². The van der Waals surface area contributed by atoms with E-state index in [1.54, 1.807) is 6.07 Å². The Kier molecular flexibility index (Phi) is 13.1. The Morgan fingerprint density at radius 1 is 1.67 bits per heavy atom. The molecule has 4 nitrogen and oxygen atoms in total. The number of hydrogen-bond donors (Lipinski definition) is 1. The summed E-state index contributed by atoms with van der Waals surface area (Å²) >= 11 is 0. The van der Waals surface area contributed by atoms with Crippen LogP contribution in [0.4, 0.5) is 0 Å². The van der Waals surface area contributed by atoms with Crippen LogP contribution in [0.25, 0.3) is 0 Å². The van der Waals surface area contributed by atoms with E-state index in [0.29, 0.717) is 0 Å². The minimum Gasteiger partial charge on any atom is -0.460 e. The van der Waals surface area contributed by atoms with Gasteiger partial charge < -0.3 is 9.84 Å². The van der Waals surface area contributed by atoms with E-state index in [9.17, 15) is 4.79 Å². The molecule has 0 atom stereocenters. The molecule has 12 heavy (non-hydrogen) atoms. The largest absolute Gasteiger partial charge is 0.460 e. The molecule has 0 aromatic rings. The van der Waals surface area contributed by atoms with E-state index >= 15 is 0 Å². The summed E-state index contributed by atoms with van der Waals surface area (Å²) in [4.78, 5) is 10.1. The fourth-order valence-electron chi connectivity index (χ4n) is 0.205. The molecule has 0 aromatic carbocycles. The second-order valence-electron chi connectivity index (χ2n) is 1.43. The lowest BCUT2D eigenvalue weighted by atomic mass is 10.6. The molecular weight excluding hydrogens is 158 g/mol. The summed E-state index contributed by atoms with van der Waals surface area (Å²) in [6.45, 7) is 6.18. The lowest BCUT2D eigenvalue weighted by molar-refractivity contribution is -0.138. The van der Waals surface area contributed by atoms with Gasteiger partial charge in [-0.15, -0.1) is 0 Å². The molecule has 0 bridgehead atoms. The van der Waals surface area contributed by atoms with E-state index in [0.717, 1.165) is 6.08 Å². The van der Waals surface area contributed by atoms with Crippen LogP contribution in [-0.2, 0) is 9.53 Å². The first-order valence-electron chi connectivity index (χ1n) is 3.13. The Balaban J connectivity index is 0. The van der Waals surface area contributed by atoms with E-state index in [-0.39, 0.29) is 13.2 Å². The molecule has 66 valence electrons. The molecule has 0 unspecified atom stereocenters. The Bertz CT molecular complexity index is 181. The zero-order valence-corrected chi connectivity index (χ0v) is 6.69. The molecule has 0 aliphatic rings. The number of aliphatic hydroxyl groups is 1. The van der Waals surface area contributed by atoms with Crippen molar-refractivity contribution in [3.8, 4) is 6.07 Å². The first-order valence-corrected chi connectivity index (χ1v) is 3.13. The number of aliphatic hydroxyl groups excluding tert-OH is 1. The molecule has 0 radical (unpaired) electrons. The van der Waals surface area contributed by atoms with Crippen LogP contribution in [0.1, 0.15) is 0 Å².